The normalized spacial score (nSPS) is 11.7. The van der Waals surface area contributed by atoms with Crippen LogP contribution in [-0.4, -0.2) is 24.3 Å². The Morgan fingerprint density at radius 3 is 2.43 bits per heavy atom. The molecule has 0 aliphatic rings. The van der Waals surface area contributed by atoms with E-state index in [1.54, 1.807) is 25.1 Å². The van der Waals surface area contributed by atoms with Gasteiger partial charge in [-0.2, -0.15) is 0 Å². The fourth-order valence-corrected chi connectivity index (χ4v) is 1.79. The third-order valence-corrected chi connectivity index (χ3v) is 2.75. The summed E-state index contributed by atoms with van der Waals surface area (Å²) in [7, 11) is 0. The first-order valence-corrected chi connectivity index (χ1v) is 6.73. The van der Waals surface area contributed by atoms with Crippen molar-refractivity contribution in [2.24, 2.45) is 4.99 Å². The fourth-order valence-electron chi connectivity index (χ4n) is 1.79. The van der Waals surface area contributed by atoms with Crippen molar-refractivity contribution in [2.75, 3.05) is 6.61 Å². The molecule has 0 unspecified atom stereocenters. The molecule has 23 heavy (non-hydrogen) atoms. The molecule has 0 spiro atoms. The van der Waals surface area contributed by atoms with E-state index in [0.29, 0.717) is 23.6 Å². The molecule has 0 saturated carbocycles. The number of phenols is 1. The quantitative estimate of drug-likeness (QED) is 0.827. The minimum Gasteiger partial charge on any atom is -0.504 e. The first kappa shape index (κ1) is 16.7. The maximum atomic E-state index is 12.1. The van der Waals surface area contributed by atoms with E-state index in [1.165, 1.54) is 18.3 Å². The monoisotopic (exact) mass is 325 g/mol. The summed E-state index contributed by atoms with van der Waals surface area (Å²) in [6.07, 6.45) is -3.33. The second-order valence-corrected chi connectivity index (χ2v) is 4.43. The highest BCUT2D eigenvalue weighted by Crippen LogP contribution is 2.29. The average molecular weight is 325 g/mol. The number of ether oxygens (including phenoxy) is 2. The summed E-state index contributed by atoms with van der Waals surface area (Å²) in [5.74, 6) is -0.0295. The van der Waals surface area contributed by atoms with Gasteiger partial charge < -0.3 is 14.6 Å². The molecule has 122 valence electrons. The second kappa shape index (κ2) is 7.04. The number of nitrogens with zero attached hydrogens (tertiary/aromatic N) is 1. The van der Waals surface area contributed by atoms with Crippen LogP contribution in [0.25, 0.3) is 0 Å². The molecule has 1 N–H and O–H groups in total. The van der Waals surface area contributed by atoms with E-state index in [4.69, 9.17) is 4.74 Å². The summed E-state index contributed by atoms with van der Waals surface area (Å²) in [5, 5.41) is 10.0. The van der Waals surface area contributed by atoms with Crippen molar-refractivity contribution in [3.05, 3.63) is 48.0 Å². The zero-order valence-electron chi connectivity index (χ0n) is 12.2. The van der Waals surface area contributed by atoms with Crippen LogP contribution in [0.1, 0.15) is 12.5 Å². The van der Waals surface area contributed by atoms with E-state index in [0.717, 1.165) is 12.1 Å². The van der Waals surface area contributed by atoms with Crippen LogP contribution in [-0.2, 0) is 0 Å². The molecule has 0 aliphatic heterocycles. The molecule has 0 heterocycles. The average Bonchev–Trinajstić information content (AvgIpc) is 2.48. The van der Waals surface area contributed by atoms with Gasteiger partial charge >= 0.3 is 6.36 Å². The minimum absolute atomic E-state index is 0.0462. The zero-order chi connectivity index (χ0) is 16.9. The lowest BCUT2D eigenvalue weighted by Crippen LogP contribution is -2.16. The molecule has 7 heteroatoms. The maximum Gasteiger partial charge on any atom is 0.573 e. The van der Waals surface area contributed by atoms with Crippen LogP contribution in [0.3, 0.4) is 0 Å². The van der Waals surface area contributed by atoms with Gasteiger partial charge in [-0.25, -0.2) is 0 Å². The molecule has 0 bridgehead atoms. The van der Waals surface area contributed by atoms with E-state index in [2.05, 4.69) is 9.73 Å². The molecule has 0 atom stereocenters. The topological polar surface area (TPSA) is 51.0 Å². The summed E-state index contributed by atoms with van der Waals surface area (Å²) >= 11 is 0. The summed E-state index contributed by atoms with van der Waals surface area (Å²) in [6.45, 7) is 2.21. The lowest BCUT2D eigenvalue weighted by atomic mass is 10.2. The molecule has 4 nitrogen and oxygen atoms in total. The van der Waals surface area contributed by atoms with Crippen molar-refractivity contribution in [3.63, 3.8) is 0 Å². The molecule has 2 rings (SSSR count). The van der Waals surface area contributed by atoms with Gasteiger partial charge in [-0.15, -0.1) is 13.2 Å². The SMILES string of the molecule is CCOc1cccc(C=Nc2ccc(OC(F)(F)F)cc2)c1O. The van der Waals surface area contributed by atoms with Gasteiger partial charge in [-0.3, -0.25) is 4.99 Å². The first-order chi connectivity index (χ1) is 10.9. The predicted octanol–water partition coefficient (Wildman–Crippen LogP) is 4.44. The number of aliphatic imine (C=N–C) groups is 1. The van der Waals surface area contributed by atoms with Crippen LogP contribution in [0.15, 0.2) is 47.5 Å². The van der Waals surface area contributed by atoms with Gasteiger partial charge in [0.1, 0.15) is 5.75 Å². The van der Waals surface area contributed by atoms with Crippen LogP contribution in [0, 0.1) is 0 Å². The molecule has 2 aromatic carbocycles. The Bertz CT molecular complexity index is 682. The summed E-state index contributed by atoms with van der Waals surface area (Å²) in [4.78, 5) is 4.10. The Morgan fingerprint density at radius 2 is 1.83 bits per heavy atom. The van der Waals surface area contributed by atoms with Crippen molar-refractivity contribution in [2.45, 2.75) is 13.3 Å². The molecule has 2 aromatic rings. The van der Waals surface area contributed by atoms with E-state index in [-0.39, 0.29) is 11.5 Å². The maximum absolute atomic E-state index is 12.1. The fraction of sp³-hybridized carbons (Fsp3) is 0.188. The molecule has 0 aromatic heterocycles. The number of halogens is 3. The number of hydrogen-bond acceptors (Lipinski definition) is 4. The third-order valence-electron chi connectivity index (χ3n) is 2.75. The van der Waals surface area contributed by atoms with Gasteiger partial charge in [0.05, 0.1) is 12.3 Å². The van der Waals surface area contributed by atoms with Crippen molar-refractivity contribution in [1.82, 2.24) is 0 Å². The van der Waals surface area contributed by atoms with Gasteiger partial charge in [-0.1, -0.05) is 6.07 Å². The molecule has 0 saturated heterocycles. The first-order valence-electron chi connectivity index (χ1n) is 6.73. The van der Waals surface area contributed by atoms with Gasteiger partial charge in [0, 0.05) is 11.8 Å². The summed E-state index contributed by atoms with van der Waals surface area (Å²) in [6, 6.07) is 10.0. The number of hydrogen-bond donors (Lipinski definition) is 1. The van der Waals surface area contributed by atoms with E-state index in [9.17, 15) is 18.3 Å². The Labute approximate surface area is 130 Å². The van der Waals surface area contributed by atoms with Crippen LogP contribution in [0.4, 0.5) is 18.9 Å². The number of aromatic hydroxyl groups is 1. The van der Waals surface area contributed by atoms with E-state index >= 15 is 0 Å². The third kappa shape index (κ3) is 4.91. The lowest BCUT2D eigenvalue weighted by molar-refractivity contribution is -0.274. The van der Waals surface area contributed by atoms with Crippen molar-refractivity contribution in [3.8, 4) is 17.2 Å². The van der Waals surface area contributed by atoms with E-state index in [1.807, 2.05) is 0 Å². The standard InChI is InChI=1S/C16H14F3NO3/c1-2-22-14-5-3-4-11(15(14)21)10-20-12-6-8-13(9-7-12)23-16(17,18)19/h3-10,21H,2H2,1H3. The number of alkyl halides is 3. The highest BCUT2D eigenvalue weighted by molar-refractivity contribution is 5.86. The highest BCUT2D eigenvalue weighted by atomic mass is 19.4. The minimum atomic E-state index is -4.73. The molecule has 0 aliphatic carbocycles. The lowest BCUT2D eigenvalue weighted by Gasteiger charge is -2.08. The largest absolute Gasteiger partial charge is 0.573 e. The van der Waals surface area contributed by atoms with Crippen LogP contribution in [0.5, 0.6) is 17.2 Å². The van der Waals surface area contributed by atoms with Gasteiger partial charge in [-0.05, 0) is 43.3 Å². The smallest absolute Gasteiger partial charge is 0.504 e. The Morgan fingerprint density at radius 1 is 1.13 bits per heavy atom. The number of benzene rings is 2. The summed E-state index contributed by atoms with van der Waals surface area (Å²) < 4.78 is 45.2. The Hall–Kier alpha value is -2.70. The Balaban J connectivity index is 2.13. The molecular weight excluding hydrogens is 311 g/mol. The van der Waals surface area contributed by atoms with Crippen LogP contribution in [0.2, 0.25) is 0 Å². The van der Waals surface area contributed by atoms with Crippen LogP contribution >= 0.6 is 0 Å². The van der Waals surface area contributed by atoms with Crippen molar-refractivity contribution < 1.29 is 27.8 Å². The van der Waals surface area contributed by atoms with E-state index < -0.39 is 6.36 Å². The molecule has 0 radical (unpaired) electrons. The molecule has 0 amide bonds. The molecular formula is C16H14F3NO3. The second-order valence-electron chi connectivity index (χ2n) is 4.43. The van der Waals surface area contributed by atoms with Gasteiger partial charge in [0.2, 0.25) is 0 Å². The highest BCUT2D eigenvalue weighted by Gasteiger charge is 2.30. The number of phenolic OH excluding ortho intramolecular Hbond substituents is 1. The molecule has 0 fully saturated rings. The zero-order valence-corrected chi connectivity index (χ0v) is 12.2. The van der Waals surface area contributed by atoms with Gasteiger partial charge in [0.15, 0.2) is 11.5 Å². The number of para-hydroxylation sites is 1. The van der Waals surface area contributed by atoms with Crippen LogP contribution < -0.4 is 9.47 Å². The number of rotatable bonds is 5. The van der Waals surface area contributed by atoms with Crippen molar-refractivity contribution in [1.29, 1.82) is 0 Å². The van der Waals surface area contributed by atoms with Crippen molar-refractivity contribution >= 4 is 11.9 Å². The predicted molar refractivity (Wildman–Crippen MR) is 79.7 cm³/mol. The van der Waals surface area contributed by atoms with Gasteiger partial charge in [0.25, 0.3) is 0 Å². The summed E-state index contributed by atoms with van der Waals surface area (Å²) in [5.41, 5.74) is 0.854. The Kier molecular flexibility index (Phi) is 5.10.